The molecule has 4 heteroatoms. The molecule has 1 heterocycles. The van der Waals surface area contributed by atoms with E-state index in [1.807, 2.05) is 13.2 Å². The minimum Gasteiger partial charge on any atom is -0.377 e. The van der Waals surface area contributed by atoms with E-state index in [1.165, 1.54) is 0 Å². The second-order valence-electron chi connectivity index (χ2n) is 4.07. The second-order valence-corrected chi connectivity index (χ2v) is 4.68. The van der Waals surface area contributed by atoms with Gasteiger partial charge in [0.1, 0.15) is 5.83 Å². The van der Waals surface area contributed by atoms with E-state index in [0.717, 1.165) is 17.6 Å². The number of hydrogen-bond acceptors (Lipinski definition) is 3. The number of allylic oxidation sites excluding steroid dienone is 2. The lowest BCUT2D eigenvalue weighted by molar-refractivity contribution is -0.0405. The first-order valence-corrected chi connectivity index (χ1v) is 6.36. The summed E-state index contributed by atoms with van der Waals surface area (Å²) < 4.78 is 22.1. The molecule has 0 amide bonds. The van der Waals surface area contributed by atoms with E-state index in [1.54, 1.807) is 11.9 Å². The molecule has 0 unspecified atom stereocenters. The van der Waals surface area contributed by atoms with Crippen molar-refractivity contribution in [1.82, 2.24) is 4.72 Å². The van der Waals surface area contributed by atoms with Crippen LogP contribution >= 0.6 is 11.9 Å². The number of nitrogens with one attached hydrogen (secondary N) is 1. The zero-order valence-corrected chi connectivity index (χ0v) is 9.92. The first-order valence-electron chi connectivity index (χ1n) is 5.14. The van der Waals surface area contributed by atoms with Gasteiger partial charge in [-0.1, -0.05) is 18.0 Å². The summed E-state index contributed by atoms with van der Waals surface area (Å²) >= 11 is 1.57. The standard InChI is InChI=1S/C11H16FNOS/c1-8-9(4-3-5-10(8)12)11(13-15-2)6-14-7-11/h4,13H,3,5-7H2,1-2H3. The molecular weight excluding hydrogens is 213 g/mol. The first-order chi connectivity index (χ1) is 7.19. The van der Waals surface area contributed by atoms with Gasteiger partial charge < -0.3 is 4.74 Å². The van der Waals surface area contributed by atoms with Crippen LogP contribution in [-0.2, 0) is 4.74 Å². The lowest BCUT2D eigenvalue weighted by Crippen LogP contribution is -2.59. The smallest absolute Gasteiger partial charge is 0.103 e. The SMILES string of the molecule is CSNC1(C2=CCCC(F)=C2C)COC1. The fourth-order valence-corrected chi connectivity index (χ4v) is 2.77. The van der Waals surface area contributed by atoms with E-state index in [-0.39, 0.29) is 11.4 Å². The van der Waals surface area contributed by atoms with Crippen LogP contribution in [0.3, 0.4) is 0 Å². The van der Waals surface area contributed by atoms with Gasteiger partial charge in [0.2, 0.25) is 0 Å². The Hall–Kier alpha value is -0.320. The number of ether oxygens (including phenoxy) is 1. The molecule has 84 valence electrons. The van der Waals surface area contributed by atoms with Gasteiger partial charge in [0, 0.05) is 6.42 Å². The van der Waals surface area contributed by atoms with Crippen molar-refractivity contribution < 1.29 is 9.13 Å². The van der Waals surface area contributed by atoms with Crippen molar-refractivity contribution in [3.05, 3.63) is 23.0 Å². The largest absolute Gasteiger partial charge is 0.377 e. The van der Waals surface area contributed by atoms with E-state index in [9.17, 15) is 4.39 Å². The molecule has 0 bridgehead atoms. The molecule has 1 fully saturated rings. The molecule has 0 aromatic carbocycles. The van der Waals surface area contributed by atoms with E-state index >= 15 is 0 Å². The van der Waals surface area contributed by atoms with Crippen molar-refractivity contribution in [2.24, 2.45) is 0 Å². The van der Waals surface area contributed by atoms with Gasteiger partial charge in [-0.3, -0.25) is 0 Å². The van der Waals surface area contributed by atoms with Crippen molar-refractivity contribution >= 4 is 11.9 Å². The Bertz CT molecular complexity index is 321. The molecule has 1 saturated heterocycles. The number of halogens is 1. The first kappa shape index (κ1) is 11.2. The van der Waals surface area contributed by atoms with Gasteiger partial charge in [-0.2, -0.15) is 0 Å². The summed E-state index contributed by atoms with van der Waals surface area (Å²) in [5.74, 6) is 0.0293. The lowest BCUT2D eigenvalue weighted by Gasteiger charge is -2.44. The molecule has 0 spiro atoms. The predicted molar refractivity (Wildman–Crippen MR) is 61.3 cm³/mol. The molecule has 0 atom stereocenters. The zero-order chi connectivity index (χ0) is 10.9. The molecule has 0 saturated carbocycles. The van der Waals surface area contributed by atoms with Gasteiger partial charge in [0.25, 0.3) is 0 Å². The monoisotopic (exact) mass is 229 g/mol. The normalized spacial score (nSPS) is 24.9. The molecule has 1 aliphatic heterocycles. The summed E-state index contributed by atoms with van der Waals surface area (Å²) in [6, 6.07) is 0. The van der Waals surface area contributed by atoms with Gasteiger partial charge >= 0.3 is 0 Å². The van der Waals surface area contributed by atoms with Gasteiger partial charge in [-0.05, 0) is 30.7 Å². The summed E-state index contributed by atoms with van der Waals surface area (Å²) in [6.07, 6.45) is 5.48. The maximum atomic E-state index is 13.5. The summed E-state index contributed by atoms with van der Waals surface area (Å²) in [5, 5.41) is 0. The van der Waals surface area contributed by atoms with E-state index in [2.05, 4.69) is 10.8 Å². The highest BCUT2D eigenvalue weighted by atomic mass is 32.2. The molecule has 15 heavy (non-hydrogen) atoms. The van der Waals surface area contributed by atoms with Crippen LogP contribution in [0.1, 0.15) is 19.8 Å². The van der Waals surface area contributed by atoms with Gasteiger partial charge in [0.05, 0.1) is 18.8 Å². The van der Waals surface area contributed by atoms with Gasteiger partial charge in [0.15, 0.2) is 0 Å². The van der Waals surface area contributed by atoms with Gasteiger partial charge in [-0.15, -0.1) is 0 Å². The Morgan fingerprint density at radius 2 is 2.27 bits per heavy atom. The highest BCUT2D eigenvalue weighted by Gasteiger charge is 2.43. The highest BCUT2D eigenvalue weighted by Crippen LogP contribution is 2.37. The predicted octanol–water partition coefficient (Wildman–Crippen LogP) is 2.59. The topological polar surface area (TPSA) is 21.3 Å². The molecule has 1 N–H and O–H groups in total. The Balaban J connectivity index is 2.25. The third kappa shape index (κ3) is 1.86. The quantitative estimate of drug-likeness (QED) is 0.752. The fraction of sp³-hybridized carbons (Fsp3) is 0.636. The van der Waals surface area contributed by atoms with Crippen LogP contribution in [0.2, 0.25) is 0 Å². The van der Waals surface area contributed by atoms with E-state index in [4.69, 9.17) is 4.74 Å². The van der Waals surface area contributed by atoms with Crippen molar-refractivity contribution in [1.29, 1.82) is 0 Å². The highest BCUT2D eigenvalue weighted by molar-refractivity contribution is 7.96. The molecule has 0 aromatic heterocycles. The van der Waals surface area contributed by atoms with Crippen LogP contribution in [0.4, 0.5) is 4.39 Å². The van der Waals surface area contributed by atoms with E-state index in [0.29, 0.717) is 19.6 Å². The van der Waals surface area contributed by atoms with Crippen molar-refractivity contribution in [2.45, 2.75) is 25.3 Å². The Morgan fingerprint density at radius 1 is 1.53 bits per heavy atom. The molecule has 2 rings (SSSR count). The van der Waals surface area contributed by atoms with Gasteiger partial charge in [-0.25, -0.2) is 9.11 Å². The third-order valence-corrected chi connectivity index (χ3v) is 3.63. The average Bonchev–Trinajstić information content (AvgIpc) is 2.17. The number of rotatable bonds is 3. The van der Waals surface area contributed by atoms with Crippen molar-refractivity contribution in [3.8, 4) is 0 Å². The lowest BCUT2D eigenvalue weighted by atomic mass is 9.81. The van der Waals surface area contributed by atoms with Crippen LogP contribution in [0.15, 0.2) is 23.0 Å². The van der Waals surface area contributed by atoms with Crippen LogP contribution < -0.4 is 4.72 Å². The summed E-state index contributed by atoms with van der Waals surface area (Å²) in [7, 11) is 0. The molecule has 2 nitrogen and oxygen atoms in total. The third-order valence-electron chi connectivity index (χ3n) is 3.03. The zero-order valence-electron chi connectivity index (χ0n) is 9.10. The Kier molecular flexibility index (Phi) is 3.19. The maximum Gasteiger partial charge on any atom is 0.103 e. The second kappa shape index (κ2) is 4.28. The summed E-state index contributed by atoms with van der Waals surface area (Å²) in [6.45, 7) is 3.15. The minimum absolute atomic E-state index is 0.0293. The van der Waals surface area contributed by atoms with Crippen LogP contribution in [0.5, 0.6) is 0 Å². The molecule has 1 aliphatic carbocycles. The van der Waals surface area contributed by atoms with Crippen LogP contribution in [-0.4, -0.2) is 25.0 Å². The summed E-state index contributed by atoms with van der Waals surface area (Å²) in [5.41, 5.74) is 1.74. The minimum atomic E-state index is -0.152. The molecule has 2 aliphatic rings. The maximum absolute atomic E-state index is 13.5. The molecular formula is C11H16FNOS. The summed E-state index contributed by atoms with van der Waals surface area (Å²) in [4.78, 5) is 0. The number of hydrogen-bond donors (Lipinski definition) is 1. The van der Waals surface area contributed by atoms with E-state index < -0.39 is 0 Å². The van der Waals surface area contributed by atoms with Crippen LogP contribution in [0.25, 0.3) is 0 Å². The van der Waals surface area contributed by atoms with Crippen molar-refractivity contribution in [2.75, 3.05) is 19.5 Å². The molecule has 0 aromatic rings. The van der Waals surface area contributed by atoms with Crippen LogP contribution in [0, 0.1) is 0 Å². The average molecular weight is 229 g/mol. The molecule has 0 radical (unpaired) electrons. The Morgan fingerprint density at radius 3 is 2.80 bits per heavy atom. The fourth-order valence-electron chi connectivity index (χ4n) is 2.16. The van der Waals surface area contributed by atoms with Crippen molar-refractivity contribution in [3.63, 3.8) is 0 Å². The Labute approximate surface area is 94.1 Å².